The van der Waals surface area contributed by atoms with E-state index in [9.17, 15) is 4.79 Å². The molecule has 19 heavy (non-hydrogen) atoms. The SMILES string of the molecule is CCOc1cc(C)c(NC(=O)CNC(C)C)cc1C. The Bertz CT molecular complexity index is 442. The van der Waals surface area contributed by atoms with Crippen LogP contribution >= 0.6 is 0 Å². The second kappa shape index (κ2) is 7.14. The van der Waals surface area contributed by atoms with Gasteiger partial charge in [-0.3, -0.25) is 4.79 Å². The summed E-state index contributed by atoms with van der Waals surface area (Å²) in [5.41, 5.74) is 2.88. The number of carbonyl (C=O) groups is 1. The number of rotatable bonds is 6. The summed E-state index contributed by atoms with van der Waals surface area (Å²) in [4.78, 5) is 11.8. The van der Waals surface area contributed by atoms with Crippen LogP contribution < -0.4 is 15.4 Å². The summed E-state index contributed by atoms with van der Waals surface area (Å²) in [6.07, 6.45) is 0. The van der Waals surface area contributed by atoms with Gasteiger partial charge in [-0.2, -0.15) is 0 Å². The van der Waals surface area contributed by atoms with Gasteiger partial charge < -0.3 is 15.4 Å². The third-order valence-electron chi connectivity index (χ3n) is 2.77. The topological polar surface area (TPSA) is 50.4 Å². The van der Waals surface area contributed by atoms with Crippen molar-refractivity contribution in [3.63, 3.8) is 0 Å². The van der Waals surface area contributed by atoms with E-state index in [1.54, 1.807) is 0 Å². The van der Waals surface area contributed by atoms with Crippen molar-refractivity contribution in [2.45, 2.75) is 40.7 Å². The summed E-state index contributed by atoms with van der Waals surface area (Å²) in [5.74, 6) is 0.846. The monoisotopic (exact) mass is 264 g/mol. The molecule has 4 nitrogen and oxygen atoms in total. The largest absolute Gasteiger partial charge is 0.494 e. The number of nitrogens with one attached hydrogen (secondary N) is 2. The van der Waals surface area contributed by atoms with Gasteiger partial charge >= 0.3 is 0 Å². The van der Waals surface area contributed by atoms with E-state index >= 15 is 0 Å². The lowest BCUT2D eigenvalue weighted by Gasteiger charge is -2.14. The van der Waals surface area contributed by atoms with Crippen LogP contribution in [0.1, 0.15) is 31.9 Å². The van der Waals surface area contributed by atoms with E-state index in [0.29, 0.717) is 19.2 Å². The first-order chi connectivity index (χ1) is 8.93. The minimum absolute atomic E-state index is 0.0274. The highest BCUT2D eigenvalue weighted by Gasteiger charge is 2.08. The Morgan fingerprint density at radius 1 is 1.26 bits per heavy atom. The van der Waals surface area contributed by atoms with Crippen LogP contribution in [0.2, 0.25) is 0 Å². The number of amides is 1. The molecule has 1 amide bonds. The number of hydrogen-bond acceptors (Lipinski definition) is 3. The Kier molecular flexibility index (Phi) is 5.83. The molecule has 4 heteroatoms. The second-order valence-corrected chi connectivity index (χ2v) is 4.95. The maximum Gasteiger partial charge on any atom is 0.238 e. The Balaban J connectivity index is 2.73. The van der Waals surface area contributed by atoms with Crippen LogP contribution in [0.4, 0.5) is 5.69 Å². The van der Waals surface area contributed by atoms with E-state index in [2.05, 4.69) is 10.6 Å². The number of anilines is 1. The molecule has 0 fully saturated rings. The predicted molar refractivity (Wildman–Crippen MR) is 78.9 cm³/mol. The van der Waals surface area contributed by atoms with E-state index < -0.39 is 0 Å². The quantitative estimate of drug-likeness (QED) is 0.830. The Morgan fingerprint density at radius 2 is 1.95 bits per heavy atom. The molecule has 1 aromatic rings. The van der Waals surface area contributed by atoms with E-state index in [0.717, 1.165) is 22.6 Å². The van der Waals surface area contributed by atoms with Gasteiger partial charge in [0.05, 0.1) is 13.2 Å². The molecule has 0 aromatic heterocycles. The summed E-state index contributed by atoms with van der Waals surface area (Å²) in [6, 6.07) is 4.21. The first kappa shape index (κ1) is 15.5. The molecule has 2 N–H and O–H groups in total. The Morgan fingerprint density at radius 3 is 2.53 bits per heavy atom. The van der Waals surface area contributed by atoms with Gasteiger partial charge in [0.25, 0.3) is 0 Å². The number of ether oxygens (including phenoxy) is 1. The molecule has 0 saturated heterocycles. The minimum atomic E-state index is -0.0274. The van der Waals surface area contributed by atoms with Crippen LogP contribution in [0.3, 0.4) is 0 Å². The van der Waals surface area contributed by atoms with Crippen LogP contribution in [0.15, 0.2) is 12.1 Å². The molecule has 0 saturated carbocycles. The zero-order valence-electron chi connectivity index (χ0n) is 12.5. The zero-order chi connectivity index (χ0) is 14.4. The summed E-state index contributed by atoms with van der Waals surface area (Å²) >= 11 is 0. The molecule has 0 radical (unpaired) electrons. The van der Waals surface area contributed by atoms with Crippen LogP contribution in [-0.4, -0.2) is 25.1 Å². The van der Waals surface area contributed by atoms with Crippen molar-refractivity contribution < 1.29 is 9.53 Å². The van der Waals surface area contributed by atoms with Crippen LogP contribution in [0, 0.1) is 13.8 Å². The van der Waals surface area contributed by atoms with E-state index in [1.807, 2.05) is 46.8 Å². The normalized spacial score (nSPS) is 10.6. The lowest BCUT2D eigenvalue weighted by atomic mass is 10.1. The second-order valence-electron chi connectivity index (χ2n) is 4.95. The molecule has 1 rings (SSSR count). The average Bonchev–Trinajstić information content (AvgIpc) is 2.33. The standard InChI is InChI=1S/C15H24N2O2/c1-6-19-14-8-11(4)13(7-12(14)5)17-15(18)9-16-10(2)3/h7-8,10,16H,6,9H2,1-5H3,(H,17,18). The average molecular weight is 264 g/mol. The molecular formula is C15H24N2O2. The molecule has 0 bridgehead atoms. The van der Waals surface area contributed by atoms with Crippen molar-refractivity contribution in [2.75, 3.05) is 18.5 Å². The van der Waals surface area contributed by atoms with Crippen molar-refractivity contribution in [2.24, 2.45) is 0 Å². The van der Waals surface area contributed by atoms with Gasteiger partial charge in [0.2, 0.25) is 5.91 Å². The van der Waals surface area contributed by atoms with Crippen molar-refractivity contribution in [1.29, 1.82) is 0 Å². The molecular weight excluding hydrogens is 240 g/mol. The first-order valence-corrected chi connectivity index (χ1v) is 6.71. The third-order valence-corrected chi connectivity index (χ3v) is 2.77. The van der Waals surface area contributed by atoms with Gasteiger partial charge in [0.1, 0.15) is 5.75 Å². The maximum atomic E-state index is 11.8. The van der Waals surface area contributed by atoms with Crippen molar-refractivity contribution >= 4 is 11.6 Å². The number of aryl methyl sites for hydroxylation is 2. The molecule has 0 unspecified atom stereocenters. The molecule has 0 atom stereocenters. The summed E-state index contributed by atoms with van der Waals surface area (Å²) in [5, 5.41) is 6.01. The van der Waals surface area contributed by atoms with Gasteiger partial charge in [-0.25, -0.2) is 0 Å². The van der Waals surface area contributed by atoms with Gasteiger partial charge in [-0.05, 0) is 44.0 Å². The van der Waals surface area contributed by atoms with Gasteiger partial charge in [-0.1, -0.05) is 13.8 Å². The van der Waals surface area contributed by atoms with Crippen LogP contribution in [0.5, 0.6) is 5.75 Å². The third kappa shape index (κ3) is 4.91. The summed E-state index contributed by atoms with van der Waals surface area (Å²) in [7, 11) is 0. The fraction of sp³-hybridized carbons (Fsp3) is 0.533. The molecule has 106 valence electrons. The number of carbonyl (C=O) groups excluding carboxylic acids is 1. The van der Waals surface area contributed by atoms with Crippen molar-refractivity contribution in [1.82, 2.24) is 5.32 Å². The molecule has 0 spiro atoms. The van der Waals surface area contributed by atoms with E-state index in [-0.39, 0.29) is 5.91 Å². The van der Waals surface area contributed by atoms with Gasteiger partial charge in [0, 0.05) is 11.7 Å². The predicted octanol–water partition coefficient (Wildman–Crippen LogP) is 2.64. The van der Waals surface area contributed by atoms with Gasteiger partial charge in [-0.15, -0.1) is 0 Å². The van der Waals surface area contributed by atoms with E-state index in [4.69, 9.17) is 4.74 Å². The smallest absolute Gasteiger partial charge is 0.238 e. The Labute approximate surface area is 115 Å². The highest BCUT2D eigenvalue weighted by molar-refractivity contribution is 5.93. The maximum absolute atomic E-state index is 11.8. The van der Waals surface area contributed by atoms with E-state index in [1.165, 1.54) is 0 Å². The van der Waals surface area contributed by atoms with Gasteiger partial charge in [0.15, 0.2) is 0 Å². The fourth-order valence-corrected chi connectivity index (χ4v) is 1.73. The summed E-state index contributed by atoms with van der Waals surface area (Å²) < 4.78 is 5.53. The number of benzene rings is 1. The number of hydrogen-bond donors (Lipinski definition) is 2. The molecule has 0 aliphatic rings. The van der Waals surface area contributed by atoms with Crippen molar-refractivity contribution in [3.8, 4) is 5.75 Å². The minimum Gasteiger partial charge on any atom is -0.494 e. The first-order valence-electron chi connectivity index (χ1n) is 6.71. The summed E-state index contributed by atoms with van der Waals surface area (Å²) in [6.45, 7) is 10.9. The van der Waals surface area contributed by atoms with Crippen LogP contribution in [0.25, 0.3) is 0 Å². The molecule has 0 aliphatic carbocycles. The Hall–Kier alpha value is -1.55. The molecule has 0 aliphatic heterocycles. The molecule has 1 aromatic carbocycles. The molecule has 0 heterocycles. The van der Waals surface area contributed by atoms with Crippen molar-refractivity contribution in [3.05, 3.63) is 23.3 Å². The fourth-order valence-electron chi connectivity index (χ4n) is 1.73. The highest BCUT2D eigenvalue weighted by Crippen LogP contribution is 2.26. The lowest BCUT2D eigenvalue weighted by molar-refractivity contribution is -0.115. The van der Waals surface area contributed by atoms with Crippen LogP contribution in [-0.2, 0) is 4.79 Å². The lowest BCUT2D eigenvalue weighted by Crippen LogP contribution is -2.32. The highest BCUT2D eigenvalue weighted by atomic mass is 16.5. The zero-order valence-corrected chi connectivity index (χ0v) is 12.5.